The highest BCUT2D eigenvalue weighted by molar-refractivity contribution is 9.10. The molecule has 1 fully saturated rings. The fourth-order valence-corrected chi connectivity index (χ4v) is 4.02. The van der Waals surface area contributed by atoms with Crippen LogP contribution in [0.25, 0.3) is 6.08 Å². The van der Waals surface area contributed by atoms with E-state index in [2.05, 4.69) is 26.6 Å². The van der Waals surface area contributed by atoms with Crippen LogP contribution >= 0.6 is 39.1 Å². The Morgan fingerprint density at radius 1 is 1.00 bits per heavy atom. The molecule has 0 saturated carbocycles. The number of nitrogens with zero attached hydrogens (tertiary/aromatic N) is 1. The number of methoxy groups -OCH3 is 1. The number of hydrogen-bond acceptors (Lipinski definition) is 6. The van der Waals surface area contributed by atoms with Crippen molar-refractivity contribution < 1.29 is 28.7 Å². The van der Waals surface area contributed by atoms with Crippen LogP contribution in [-0.4, -0.2) is 37.5 Å². The maximum Gasteiger partial charge on any atom is 0.335 e. The quantitative estimate of drug-likeness (QED) is 0.269. The number of halogens is 3. The molecule has 4 rings (SSSR count). The molecular weight excluding hydrogens is 601 g/mol. The van der Waals surface area contributed by atoms with Gasteiger partial charge in [0.15, 0.2) is 18.1 Å². The number of amides is 5. The Hall–Kier alpha value is -3.86. The molecule has 3 aromatic carbocycles. The van der Waals surface area contributed by atoms with Gasteiger partial charge in [-0.3, -0.25) is 19.7 Å². The van der Waals surface area contributed by atoms with E-state index in [-0.39, 0.29) is 23.7 Å². The Labute approximate surface area is 235 Å². The van der Waals surface area contributed by atoms with Crippen LogP contribution in [0.15, 0.2) is 70.7 Å². The van der Waals surface area contributed by atoms with Crippen molar-refractivity contribution in [2.45, 2.75) is 0 Å². The van der Waals surface area contributed by atoms with Crippen LogP contribution in [-0.2, 0) is 14.4 Å². The fraction of sp³-hybridized carbons (Fsp3) is 0.0769. The second-order valence-electron chi connectivity index (χ2n) is 7.81. The summed E-state index contributed by atoms with van der Waals surface area (Å²) in [6.07, 6.45) is 1.33. The third kappa shape index (κ3) is 6.16. The number of ether oxygens (including phenoxy) is 2. The molecule has 0 spiro atoms. The number of rotatable bonds is 7. The summed E-state index contributed by atoms with van der Waals surface area (Å²) in [7, 11) is 1.40. The van der Waals surface area contributed by atoms with Crippen molar-refractivity contribution in [3.8, 4) is 11.5 Å². The maximum atomic E-state index is 13.1. The predicted octanol–water partition coefficient (Wildman–Crippen LogP) is 5.45. The molecule has 194 valence electrons. The van der Waals surface area contributed by atoms with E-state index in [0.29, 0.717) is 27.0 Å². The molecule has 1 aliphatic heterocycles. The van der Waals surface area contributed by atoms with Crippen LogP contribution in [0.5, 0.6) is 11.5 Å². The lowest BCUT2D eigenvalue weighted by Gasteiger charge is -2.26. The summed E-state index contributed by atoms with van der Waals surface area (Å²) in [4.78, 5) is 51.1. The predicted molar refractivity (Wildman–Crippen MR) is 147 cm³/mol. The molecule has 12 heteroatoms. The van der Waals surface area contributed by atoms with E-state index in [1.165, 1.54) is 31.4 Å². The average Bonchev–Trinajstić information content (AvgIpc) is 2.88. The van der Waals surface area contributed by atoms with E-state index in [4.69, 9.17) is 32.7 Å². The van der Waals surface area contributed by atoms with Crippen molar-refractivity contribution in [3.05, 3.63) is 86.3 Å². The van der Waals surface area contributed by atoms with Gasteiger partial charge in [-0.25, -0.2) is 9.69 Å². The van der Waals surface area contributed by atoms with E-state index in [1.54, 1.807) is 42.5 Å². The van der Waals surface area contributed by atoms with Gasteiger partial charge in [0.25, 0.3) is 17.7 Å². The van der Waals surface area contributed by atoms with Gasteiger partial charge in [0.1, 0.15) is 5.57 Å². The zero-order chi connectivity index (χ0) is 27.4. The zero-order valence-corrected chi connectivity index (χ0v) is 22.7. The normalized spacial score (nSPS) is 14.4. The third-order valence-electron chi connectivity index (χ3n) is 5.25. The number of imide groups is 2. The van der Waals surface area contributed by atoms with Crippen LogP contribution in [0, 0.1) is 0 Å². The number of hydrogen-bond donors (Lipinski definition) is 2. The monoisotopic (exact) mass is 617 g/mol. The highest BCUT2D eigenvalue weighted by Gasteiger charge is 2.36. The molecule has 5 amide bonds. The van der Waals surface area contributed by atoms with Gasteiger partial charge in [0.05, 0.1) is 22.8 Å². The second kappa shape index (κ2) is 11.7. The van der Waals surface area contributed by atoms with Crippen LogP contribution in [0.4, 0.5) is 16.2 Å². The van der Waals surface area contributed by atoms with E-state index in [1.807, 2.05) is 0 Å². The summed E-state index contributed by atoms with van der Waals surface area (Å²) >= 11 is 15.1. The first-order valence-corrected chi connectivity index (χ1v) is 12.4. The van der Waals surface area contributed by atoms with Crippen LogP contribution in [0.1, 0.15) is 5.56 Å². The Morgan fingerprint density at radius 2 is 1.74 bits per heavy atom. The lowest BCUT2D eigenvalue weighted by atomic mass is 10.1. The van der Waals surface area contributed by atoms with Gasteiger partial charge in [0, 0.05) is 10.2 Å². The molecule has 2 N–H and O–H groups in total. The van der Waals surface area contributed by atoms with Crippen molar-refractivity contribution in [2.24, 2.45) is 0 Å². The molecule has 0 radical (unpaired) electrons. The number of benzene rings is 3. The van der Waals surface area contributed by atoms with Crippen molar-refractivity contribution in [2.75, 3.05) is 23.9 Å². The number of barbiturate groups is 1. The fourth-order valence-electron chi connectivity index (χ4n) is 3.46. The summed E-state index contributed by atoms with van der Waals surface area (Å²) in [6, 6.07) is 14.9. The number of anilines is 2. The smallest absolute Gasteiger partial charge is 0.335 e. The van der Waals surface area contributed by atoms with Crippen molar-refractivity contribution in [1.82, 2.24) is 5.32 Å². The lowest BCUT2D eigenvalue weighted by Crippen LogP contribution is -2.54. The number of carbonyl (C=O) groups is 4. The van der Waals surface area contributed by atoms with Gasteiger partial charge in [-0.1, -0.05) is 45.2 Å². The zero-order valence-electron chi connectivity index (χ0n) is 19.6. The van der Waals surface area contributed by atoms with Gasteiger partial charge in [0.2, 0.25) is 0 Å². The molecule has 1 heterocycles. The number of nitrogens with one attached hydrogen (secondary N) is 2. The van der Waals surface area contributed by atoms with E-state index >= 15 is 0 Å². The molecule has 0 unspecified atom stereocenters. The lowest BCUT2D eigenvalue weighted by molar-refractivity contribution is -0.122. The van der Waals surface area contributed by atoms with Crippen LogP contribution < -0.4 is 25.0 Å². The Morgan fingerprint density at radius 3 is 2.42 bits per heavy atom. The van der Waals surface area contributed by atoms with Gasteiger partial charge >= 0.3 is 6.03 Å². The molecule has 9 nitrogen and oxygen atoms in total. The van der Waals surface area contributed by atoms with Crippen molar-refractivity contribution >= 4 is 80.3 Å². The van der Waals surface area contributed by atoms with Gasteiger partial charge < -0.3 is 14.8 Å². The molecule has 0 aromatic heterocycles. The molecule has 0 aliphatic carbocycles. The number of urea groups is 1. The average molecular weight is 619 g/mol. The first kappa shape index (κ1) is 27.2. The summed E-state index contributed by atoms with van der Waals surface area (Å²) in [5.41, 5.74) is 0.935. The molecule has 3 aromatic rings. The van der Waals surface area contributed by atoms with E-state index in [9.17, 15) is 19.2 Å². The number of carbonyl (C=O) groups excluding carboxylic acids is 4. The first-order chi connectivity index (χ1) is 18.2. The van der Waals surface area contributed by atoms with Crippen LogP contribution in [0.2, 0.25) is 10.0 Å². The minimum atomic E-state index is -0.847. The molecule has 1 aliphatic rings. The molecule has 0 bridgehead atoms. The molecule has 38 heavy (non-hydrogen) atoms. The van der Waals surface area contributed by atoms with Gasteiger partial charge in [-0.05, 0) is 66.2 Å². The molecule has 0 atom stereocenters. The summed E-state index contributed by atoms with van der Waals surface area (Å²) in [6.45, 7) is -0.331. The second-order valence-corrected chi connectivity index (χ2v) is 9.54. The van der Waals surface area contributed by atoms with E-state index in [0.717, 1.165) is 9.37 Å². The summed E-state index contributed by atoms with van der Waals surface area (Å²) in [5, 5.41) is 5.48. The molecule has 1 saturated heterocycles. The van der Waals surface area contributed by atoms with Crippen LogP contribution in [0.3, 0.4) is 0 Å². The summed E-state index contributed by atoms with van der Waals surface area (Å²) < 4.78 is 11.7. The Bertz CT molecular complexity index is 1480. The maximum absolute atomic E-state index is 13.1. The minimum absolute atomic E-state index is 0.246. The first-order valence-electron chi connectivity index (χ1n) is 10.9. The SMILES string of the molecule is COc1cc(/C=C2\C(=O)NC(=O)N(c3ccc(Br)cc3)C2=O)ccc1OCC(=O)Nc1ccc(Cl)c(Cl)c1. The molecular formula is C26H18BrCl2N3O6. The third-order valence-corrected chi connectivity index (χ3v) is 6.52. The Balaban J connectivity index is 1.50. The topological polar surface area (TPSA) is 114 Å². The summed E-state index contributed by atoms with van der Waals surface area (Å²) in [5.74, 6) is -1.54. The highest BCUT2D eigenvalue weighted by Crippen LogP contribution is 2.30. The standard InChI is InChI=1S/C26H18BrCl2N3O6/c1-37-22-11-14(2-9-21(22)38-13-23(33)30-16-5-8-19(28)20(29)12-16)10-18-24(34)31-26(36)32(25(18)35)17-6-3-15(27)4-7-17/h2-12H,13H2,1H3,(H,30,33)(H,31,34,36)/b18-10+. The minimum Gasteiger partial charge on any atom is -0.493 e. The van der Waals surface area contributed by atoms with Gasteiger partial charge in [-0.2, -0.15) is 0 Å². The van der Waals surface area contributed by atoms with E-state index < -0.39 is 23.8 Å². The Kier molecular flexibility index (Phi) is 8.35. The van der Waals surface area contributed by atoms with Crippen molar-refractivity contribution in [1.29, 1.82) is 0 Å². The largest absolute Gasteiger partial charge is 0.493 e. The van der Waals surface area contributed by atoms with Crippen molar-refractivity contribution in [3.63, 3.8) is 0 Å². The highest BCUT2D eigenvalue weighted by atomic mass is 79.9. The van der Waals surface area contributed by atoms with Gasteiger partial charge in [-0.15, -0.1) is 0 Å².